The Morgan fingerprint density at radius 2 is 2.12 bits per heavy atom. The van der Waals surface area contributed by atoms with Crippen LogP contribution in [0.15, 0.2) is 12.3 Å². The fourth-order valence-electron chi connectivity index (χ4n) is 1.92. The maximum Gasteiger partial charge on any atom is 0.269 e. The van der Waals surface area contributed by atoms with Gasteiger partial charge in [0.1, 0.15) is 6.04 Å². The predicted octanol–water partition coefficient (Wildman–Crippen LogP) is -0.0319. The van der Waals surface area contributed by atoms with E-state index in [0.29, 0.717) is 0 Å². The van der Waals surface area contributed by atoms with Gasteiger partial charge in [0.25, 0.3) is 5.91 Å². The van der Waals surface area contributed by atoms with Crippen molar-refractivity contribution in [3.05, 3.63) is 18.0 Å². The van der Waals surface area contributed by atoms with Gasteiger partial charge in [-0.3, -0.25) is 14.3 Å². The number of hydrogen-bond donors (Lipinski definition) is 0. The second kappa shape index (κ2) is 3.71. The topological polar surface area (TPSA) is 58.4 Å². The van der Waals surface area contributed by atoms with E-state index in [1.54, 1.807) is 25.0 Å². The first-order chi connectivity index (χ1) is 7.52. The van der Waals surface area contributed by atoms with Crippen molar-refractivity contribution in [2.45, 2.75) is 19.4 Å². The molecule has 0 bridgehead atoms. The minimum Gasteiger partial charge on any atom is -0.273 e. The van der Waals surface area contributed by atoms with Crippen LogP contribution in [0.3, 0.4) is 0 Å². The van der Waals surface area contributed by atoms with Crippen LogP contribution >= 0.6 is 0 Å². The third-order valence-electron chi connectivity index (χ3n) is 2.66. The minimum atomic E-state index is -0.495. The highest BCUT2D eigenvalue weighted by Crippen LogP contribution is 2.25. The number of hydrogen-bond acceptors (Lipinski definition) is 4. The number of aromatic nitrogens is 2. The van der Waals surface area contributed by atoms with Gasteiger partial charge < -0.3 is 0 Å². The van der Waals surface area contributed by atoms with Crippen LogP contribution < -0.4 is 0 Å². The number of rotatable bonds is 2. The van der Waals surface area contributed by atoms with Crippen LogP contribution in [-0.4, -0.2) is 45.7 Å². The van der Waals surface area contributed by atoms with Gasteiger partial charge in [0.15, 0.2) is 0 Å². The number of hydrazine groups is 1. The largest absolute Gasteiger partial charge is 0.273 e. The summed E-state index contributed by atoms with van der Waals surface area (Å²) in [5, 5.41) is 6.74. The lowest BCUT2D eigenvalue weighted by atomic mass is 10.2. The van der Waals surface area contributed by atoms with Crippen molar-refractivity contribution in [1.29, 1.82) is 0 Å². The Bertz CT molecular complexity index is 438. The second-order valence-corrected chi connectivity index (χ2v) is 4.03. The molecule has 0 unspecified atom stereocenters. The lowest BCUT2D eigenvalue weighted by Gasteiger charge is -2.21. The Balaban J connectivity index is 2.31. The summed E-state index contributed by atoms with van der Waals surface area (Å²) in [6, 6.07) is 1.32. The summed E-state index contributed by atoms with van der Waals surface area (Å²) in [6.07, 6.45) is 1.81. The average Bonchev–Trinajstić information content (AvgIpc) is 2.70. The van der Waals surface area contributed by atoms with Crippen LogP contribution in [0, 0.1) is 6.92 Å². The summed E-state index contributed by atoms with van der Waals surface area (Å²) >= 11 is 0. The van der Waals surface area contributed by atoms with Crippen molar-refractivity contribution in [2.24, 2.45) is 0 Å². The SMILES string of the molecule is Cc1ccnn1[C@H]1CC(=O)N(N(C)C)C1=O. The highest BCUT2D eigenvalue weighted by atomic mass is 16.2. The third-order valence-corrected chi connectivity index (χ3v) is 2.66. The molecular weight excluding hydrogens is 208 g/mol. The summed E-state index contributed by atoms with van der Waals surface area (Å²) in [6.45, 7) is 1.86. The van der Waals surface area contributed by atoms with Crippen LogP contribution in [-0.2, 0) is 9.59 Å². The molecule has 0 N–H and O–H groups in total. The zero-order chi connectivity index (χ0) is 11.9. The lowest BCUT2D eigenvalue weighted by molar-refractivity contribution is -0.153. The molecule has 1 saturated heterocycles. The molecule has 2 heterocycles. The maximum atomic E-state index is 12.0. The van der Waals surface area contributed by atoms with Gasteiger partial charge in [-0.25, -0.2) is 10.0 Å². The van der Waals surface area contributed by atoms with Crippen molar-refractivity contribution < 1.29 is 9.59 Å². The standard InChI is InChI=1S/C10H14N4O2/c1-7-4-5-11-13(7)8-6-9(15)14(10(8)16)12(2)3/h4-5,8H,6H2,1-3H3/t8-/m0/s1. The zero-order valence-corrected chi connectivity index (χ0v) is 9.54. The van der Waals surface area contributed by atoms with Crippen LogP contribution in [0.25, 0.3) is 0 Å². The maximum absolute atomic E-state index is 12.0. The van der Waals surface area contributed by atoms with E-state index in [-0.39, 0.29) is 18.2 Å². The number of nitrogens with zero attached hydrogens (tertiary/aromatic N) is 4. The van der Waals surface area contributed by atoms with Crippen LogP contribution in [0.4, 0.5) is 0 Å². The molecule has 2 amide bonds. The molecule has 6 heteroatoms. The highest BCUT2D eigenvalue weighted by Gasteiger charge is 2.41. The molecule has 0 saturated carbocycles. The number of imide groups is 1. The first kappa shape index (κ1) is 10.8. The molecule has 1 aliphatic heterocycles. The van der Waals surface area contributed by atoms with Gasteiger partial charge in [-0.2, -0.15) is 5.10 Å². The Morgan fingerprint density at radius 1 is 1.44 bits per heavy atom. The van der Waals surface area contributed by atoms with E-state index in [0.717, 1.165) is 10.7 Å². The summed E-state index contributed by atoms with van der Waals surface area (Å²) in [5.41, 5.74) is 0.881. The third kappa shape index (κ3) is 1.51. The number of carbonyl (C=O) groups is 2. The van der Waals surface area contributed by atoms with E-state index in [9.17, 15) is 9.59 Å². The fraction of sp³-hybridized carbons (Fsp3) is 0.500. The van der Waals surface area contributed by atoms with Gasteiger partial charge in [-0.15, -0.1) is 0 Å². The summed E-state index contributed by atoms with van der Waals surface area (Å²) < 4.78 is 1.60. The molecule has 16 heavy (non-hydrogen) atoms. The van der Waals surface area contributed by atoms with Crippen LogP contribution in [0.1, 0.15) is 18.2 Å². The molecule has 0 radical (unpaired) electrons. The Hall–Kier alpha value is -1.69. The summed E-state index contributed by atoms with van der Waals surface area (Å²) in [4.78, 5) is 23.7. The van der Waals surface area contributed by atoms with Crippen molar-refractivity contribution >= 4 is 11.8 Å². The van der Waals surface area contributed by atoms with Gasteiger partial charge in [0.2, 0.25) is 5.91 Å². The molecule has 1 atom stereocenters. The average molecular weight is 222 g/mol. The summed E-state index contributed by atoms with van der Waals surface area (Å²) in [5.74, 6) is -0.406. The van der Waals surface area contributed by atoms with E-state index in [4.69, 9.17) is 0 Å². The zero-order valence-electron chi connectivity index (χ0n) is 9.54. The molecule has 86 valence electrons. The van der Waals surface area contributed by atoms with Gasteiger partial charge in [-0.1, -0.05) is 0 Å². The molecule has 2 rings (SSSR count). The molecule has 1 aromatic rings. The molecule has 1 fully saturated rings. The highest BCUT2D eigenvalue weighted by molar-refractivity contribution is 6.03. The van der Waals surface area contributed by atoms with Gasteiger partial charge >= 0.3 is 0 Å². The Labute approximate surface area is 93.4 Å². The monoisotopic (exact) mass is 222 g/mol. The quantitative estimate of drug-likeness (QED) is 0.659. The molecule has 0 aliphatic carbocycles. The second-order valence-electron chi connectivity index (χ2n) is 4.03. The van der Waals surface area contributed by atoms with E-state index in [1.165, 1.54) is 5.01 Å². The Kier molecular flexibility index (Phi) is 2.51. The van der Waals surface area contributed by atoms with E-state index < -0.39 is 6.04 Å². The molecule has 1 aliphatic rings. The predicted molar refractivity (Wildman–Crippen MR) is 56.2 cm³/mol. The molecule has 0 aromatic carbocycles. The van der Waals surface area contributed by atoms with Crippen molar-refractivity contribution in [2.75, 3.05) is 14.1 Å². The lowest BCUT2D eigenvalue weighted by Crippen LogP contribution is -2.42. The molecular formula is C10H14N4O2. The van der Waals surface area contributed by atoms with Crippen LogP contribution in [0.2, 0.25) is 0 Å². The number of carbonyl (C=O) groups excluding carboxylic acids is 2. The normalized spacial score (nSPS) is 21.2. The smallest absolute Gasteiger partial charge is 0.269 e. The van der Waals surface area contributed by atoms with Crippen molar-refractivity contribution in [3.8, 4) is 0 Å². The van der Waals surface area contributed by atoms with Crippen LogP contribution in [0.5, 0.6) is 0 Å². The molecule has 1 aromatic heterocycles. The van der Waals surface area contributed by atoms with Gasteiger partial charge in [0, 0.05) is 26.0 Å². The number of aryl methyl sites for hydroxylation is 1. The van der Waals surface area contributed by atoms with E-state index in [1.807, 2.05) is 13.0 Å². The summed E-state index contributed by atoms with van der Waals surface area (Å²) in [7, 11) is 3.35. The molecule has 6 nitrogen and oxygen atoms in total. The molecule has 0 spiro atoms. The van der Waals surface area contributed by atoms with Crippen molar-refractivity contribution in [3.63, 3.8) is 0 Å². The van der Waals surface area contributed by atoms with Crippen molar-refractivity contribution in [1.82, 2.24) is 19.8 Å². The first-order valence-corrected chi connectivity index (χ1v) is 5.06. The van der Waals surface area contributed by atoms with E-state index >= 15 is 0 Å². The first-order valence-electron chi connectivity index (χ1n) is 5.06. The Morgan fingerprint density at radius 3 is 2.56 bits per heavy atom. The van der Waals surface area contributed by atoms with E-state index in [2.05, 4.69) is 5.10 Å². The van der Waals surface area contributed by atoms with Gasteiger partial charge in [0.05, 0.1) is 6.42 Å². The van der Waals surface area contributed by atoms with Gasteiger partial charge in [-0.05, 0) is 13.0 Å². The fourth-order valence-corrected chi connectivity index (χ4v) is 1.92. The minimum absolute atomic E-state index is 0.180. The number of amides is 2.